The summed E-state index contributed by atoms with van der Waals surface area (Å²) < 4.78 is 18.8. The lowest BCUT2D eigenvalue weighted by Gasteiger charge is -2.38. The van der Waals surface area contributed by atoms with E-state index in [-0.39, 0.29) is 23.9 Å². The van der Waals surface area contributed by atoms with Crippen LogP contribution in [0.25, 0.3) is 0 Å². The topological polar surface area (TPSA) is 57.7 Å². The Balaban J connectivity index is 1.35. The summed E-state index contributed by atoms with van der Waals surface area (Å²) in [5.41, 5.74) is 0.890. The number of piperidine rings is 1. The molecule has 2 fully saturated rings. The highest BCUT2D eigenvalue weighted by molar-refractivity contribution is 5.75. The third kappa shape index (κ3) is 4.25. The van der Waals surface area contributed by atoms with Gasteiger partial charge in [-0.3, -0.25) is 0 Å². The third-order valence-electron chi connectivity index (χ3n) is 5.44. The van der Waals surface area contributed by atoms with Gasteiger partial charge in [-0.15, -0.1) is 0 Å². The van der Waals surface area contributed by atoms with Gasteiger partial charge in [-0.25, -0.2) is 14.2 Å². The number of pyridine rings is 1. The molecular formula is C21H25FN4O2. The highest BCUT2D eigenvalue weighted by Crippen LogP contribution is 2.25. The average Bonchev–Trinajstić information content (AvgIpc) is 2.75. The molecule has 0 aliphatic carbocycles. The van der Waals surface area contributed by atoms with Crippen LogP contribution in [0.1, 0.15) is 24.4 Å². The van der Waals surface area contributed by atoms with Gasteiger partial charge in [0.25, 0.3) is 0 Å². The second kappa shape index (κ2) is 8.56. The maximum atomic E-state index is 13.2. The number of carbonyl (C=O) groups is 1. The molecule has 1 aromatic heterocycles. The van der Waals surface area contributed by atoms with Crippen molar-refractivity contribution in [3.05, 3.63) is 60.0 Å². The molecule has 2 aliphatic rings. The van der Waals surface area contributed by atoms with Gasteiger partial charge in [0.2, 0.25) is 0 Å². The van der Waals surface area contributed by atoms with Crippen LogP contribution in [0, 0.1) is 5.82 Å². The van der Waals surface area contributed by atoms with Gasteiger partial charge >= 0.3 is 6.03 Å². The SMILES string of the molecule is O=C(NC1CCN(c2ccccn2)CC1)N1CCOCC1c1ccc(F)cc1. The molecule has 148 valence electrons. The summed E-state index contributed by atoms with van der Waals surface area (Å²) in [6.45, 7) is 3.21. The first-order valence-electron chi connectivity index (χ1n) is 9.77. The molecule has 0 spiro atoms. The van der Waals surface area contributed by atoms with Crippen molar-refractivity contribution in [2.45, 2.75) is 24.9 Å². The Morgan fingerprint density at radius 2 is 1.89 bits per heavy atom. The lowest BCUT2D eigenvalue weighted by Crippen LogP contribution is -2.53. The van der Waals surface area contributed by atoms with Crippen LogP contribution in [-0.4, -0.2) is 54.8 Å². The minimum Gasteiger partial charge on any atom is -0.377 e. The number of aromatic nitrogens is 1. The van der Waals surface area contributed by atoms with Gasteiger partial charge in [0, 0.05) is 31.9 Å². The van der Waals surface area contributed by atoms with E-state index in [1.54, 1.807) is 18.3 Å². The number of carbonyl (C=O) groups excluding carboxylic acids is 1. The zero-order chi connectivity index (χ0) is 19.3. The van der Waals surface area contributed by atoms with Crippen molar-refractivity contribution < 1.29 is 13.9 Å². The van der Waals surface area contributed by atoms with Crippen LogP contribution in [0.15, 0.2) is 48.7 Å². The average molecular weight is 384 g/mol. The second-order valence-corrected chi connectivity index (χ2v) is 7.23. The minimum atomic E-state index is -0.281. The van der Waals surface area contributed by atoms with Crippen molar-refractivity contribution in [1.29, 1.82) is 0 Å². The molecule has 1 N–H and O–H groups in total. The molecule has 1 atom stereocenters. The van der Waals surface area contributed by atoms with Crippen LogP contribution in [0.3, 0.4) is 0 Å². The van der Waals surface area contributed by atoms with Crippen LogP contribution >= 0.6 is 0 Å². The summed E-state index contributed by atoms with van der Waals surface area (Å²) in [5.74, 6) is 0.702. The predicted octanol–water partition coefficient (Wildman–Crippen LogP) is 2.97. The quantitative estimate of drug-likeness (QED) is 0.884. The minimum absolute atomic E-state index is 0.0751. The number of ether oxygens (including phenoxy) is 1. The van der Waals surface area contributed by atoms with Crippen LogP contribution in [0.4, 0.5) is 15.0 Å². The van der Waals surface area contributed by atoms with Crippen molar-refractivity contribution in [2.24, 2.45) is 0 Å². The number of rotatable bonds is 3. The van der Waals surface area contributed by atoms with E-state index in [2.05, 4.69) is 15.2 Å². The number of anilines is 1. The zero-order valence-electron chi connectivity index (χ0n) is 15.8. The first-order valence-corrected chi connectivity index (χ1v) is 9.77. The van der Waals surface area contributed by atoms with Gasteiger partial charge < -0.3 is 19.9 Å². The van der Waals surface area contributed by atoms with Crippen LogP contribution in [0.5, 0.6) is 0 Å². The smallest absolute Gasteiger partial charge is 0.318 e. The molecule has 1 aromatic carbocycles. The molecule has 6 nitrogen and oxygen atoms in total. The van der Waals surface area contributed by atoms with Gasteiger partial charge in [0.05, 0.1) is 19.3 Å². The standard InChI is InChI=1S/C21H25FN4O2/c22-17-6-4-16(5-7-17)19-15-28-14-13-26(19)21(27)24-18-8-11-25(12-9-18)20-3-1-2-10-23-20/h1-7,10,18-19H,8-9,11-15H2,(H,24,27). The van der Waals surface area contributed by atoms with E-state index in [1.165, 1.54) is 12.1 Å². The van der Waals surface area contributed by atoms with Crippen molar-refractivity contribution in [1.82, 2.24) is 15.2 Å². The highest BCUT2D eigenvalue weighted by Gasteiger charge is 2.30. The molecule has 0 bridgehead atoms. The molecule has 0 saturated carbocycles. The van der Waals surface area contributed by atoms with Crippen molar-refractivity contribution in [3.63, 3.8) is 0 Å². The molecule has 0 radical (unpaired) electrons. The van der Waals surface area contributed by atoms with E-state index in [4.69, 9.17) is 4.74 Å². The molecule has 28 heavy (non-hydrogen) atoms. The largest absolute Gasteiger partial charge is 0.377 e. The summed E-state index contributed by atoms with van der Waals surface area (Å²) >= 11 is 0. The Hall–Kier alpha value is -2.67. The van der Waals surface area contributed by atoms with Crippen LogP contribution in [0.2, 0.25) is 0 Å². The van der Waals surface area contributed by atoms with Crippen LogP contribution < -0.4 is 10.2 Å². The van der Waals surface area contributed by atoms with Gasteiger partial charge in [0.1, 0.15) is 11.6 Å². The summed E-state index contributed by atoms with van der Waals surface area (Å²) in [4.78, 5) is 21.4. The Labute approximate surface area is 164 Å². The molecule has 3 heterocycles. The first-order chi connectivity index (χ1) is 13.7. The van der Waals surface area contributed by atoms with Crippen molar-refractivity contribution >= 4 is 11.8 Å². The lowest BCUT2D eigenvalue weighted by atomic mass is 10.0. The normalized spacial score (nSPS) is 20.8. The molecule has 2 aliphatic heterocycles. The van der Waals surface area contributed by atoms with E-state index >= 15 is 0 Å². The molecule has 2 aromatic rings. The number of nitrogens with one attached hydrogen (secondary N) is 1. The van der Waals surface area contributed by atoms with E-state index in [0.717, 1.165) is 37.3 Å². The summed E-state index contributed by atoms with van der Waals surface area (Å²) in [6.07, 6.45) is 3.57. The van der Waals surface area contributed by atoms with Crippen LogP contribution in [-0.2, 0) is 4.74 Å². The maximum absolute atomic E-state index is 13.2. The Bertz CT molecular complexity index is 779. The Morgan fingerprint density at radius 1 is 1.11 bits per heavy atom. The molecule has 7 heteroatoms. The number of hydrogen-bond acceptors (Lipinski definition) is 4. The molecule has 2 amide bonds. The maximum Gasteiger partial charge on any atom is 0.318 e. The first kappa shape index (κ1) is 18.7. The molecular weight excluding hydrogens is 359 g/mol. The number of halogens is 1. The Morgan fingerprint density at radius 3 is 2.61 bits per heavy atom. The van der Waals surface area contributed by atoms with Crippen molar-refractivity contribution in [2.75, 3.05) is 37.7 Å². The van der Waals surface area contributed by atoms with Gasteiger partial charge in [-0.2, -0.15) is 0 Å². The third-order valence-corrected chi connectivity index (χ3v) is 5.44. The summed E-state index contributed by atoms with van der Waals surface area (Å²) in [5, 5.41) is 3.18. The number of amides is 2. The van der Waals surface area contributed by atoms with E-state index < -0.39 is 0 Å². The van der Waals surface area contributed by atoms with E-state index in [9.17, 15) is 9.18 Å². The fraction of sp³-hybridized carbons (Fsp3) is 0.429. The Kier molecular flexibility index (Phi) is 5.71. The summed E-state index contributed by atoms with van der Waals surface area (Å²) in [6, 6.07) is 12.1. The van der Waals surface area contributed by atoms with Gasteiger partial charge in [0.15, 0.2) is 0 Å². The predicted molar refractivity (Wildman–Crippen MR) is 105 cm³/mol. The fourth-order valence-corrected chi connectivity index (χ4v) is 3.86. The summed E-state index contributed by atoms with van der Waals surface area (Å²) in [7, 11) is 0. The number of hydrogen-bond donors (Lipinski definition) is 1. The lowest BCUT2D eigenvalue weighted by molar-refractivity contribution is 0.0108. The van der Waals surface area contributed by atoms with Crippen molar-refractivity contribution in [3.8, 4) is 0 Å². The van der Waals surface area contributed by atoms with Gasteiger partial charge in [-0.1, -0.05) is 18.2 Å². The molecule has 4 rings (SSSR count). The number of nitrogens with zero attached hydrogens (tertiary/aromatic N) is 3. The monoisotopic (exact) mass is 384 g/mol. The molecule has 1 unspecified atom stereocenters. The number of benzene rings is 1. The highest BCUT2D eigenvalue weighted by atomic mass is 19.1. The zero-order valence-corrected chi connectivity index (χ0v) is 15.8. The molecule has 2 saturated heterocycles. The number of morpholine rings is 1. The fourth-order valence-electron chi connectivity index (χ4n) is 3.86. The second-order valence-electron chi connectivity index (χ2n) is 7.23. The van der Waals surface area contributed by atoms with E-state index in [1.807, 2.05) is 23.1 Å². The number of urea groups is 1. The van der Waals surface area contributed by atoms with Gasteiger partial charge in [-0.05, 0) is 42.7 Å². The van der Waals surface area contributed by atoms with E-state index in [0.29, 0.717) is 19.8 Å².